The number of nitrogens with zero attached hydrogens (tertiary/aromatic N) is 5. The van der Waals surface area contributed by atoms with E-state index in [1.54, 1.807) is 30.6 Å². The van der Waals surface area contributed by atoms with Gasteiger partial charge in [0.1, 0.15) is 0 Å². The van der Waals surface area contributed by atoms with Gasteiger partial charge in [0.05, 0.1) is 13.7 Å². The molecule has 7 nitrogen and oxygen atoms in total. The predicted octanol–water partition coefficient (Wildman–Crippen LogP) is 1.26. The minimum Gasteiger partial charge on any atom is -0.494 e. The molecular formula is C17H21FN6O. The van der Waals surface area contributed by atoms with E-state index < -0.39 is 5.82 Å². The number of guanidine groups is 1. The molecule has 132 valence electrons. The van der Waals surface area contributed by atoms with Crippen molar-refractivity contribution in [3.63, 3.8) is 0 Å². The molecule has 2 N–H and O–H groups in total. The number of benzene rings is 1. The van der Waals surface area contributed by atoms with Gasteiger partial charge in [0.2, 0.25) is 5.95 Å². The zero-order chi connectivity index (χ0) is 17.6. The second-order valence-corrected chi connectivity index (χ2v) is 5.67. The van der Waals surface area contributed by atoms with Crippen molar-refractivity contribution in [1.82, 2.24) is 14.9 Å². The molecule has 0 atom stereocenters. The highest BCUT2D eigenvalue weighted by atomic mass is 19.1. The molecule has 0 radical (unpaired) electrons. The second-order valence-electron chi connectivity index (χ2n) is 5.67. The van der Waals surface area contributed by atoms with Crippen molar-refractivity contribution in [2.45, 2.75) is 6.54 Å². The maximum Gasteiger partial charge on any atom is 0.225 e. The Morgan fingerprint density at radius 1 is 1.24 bits per heavy atom. The number of nitrogens with two attached hydrogens (primary N) is 1. The molecule has 0 aliphatic carbocycles. The van der Waals surface area contributed by atoms with Crippen LogP contribution in [-0.4, -0.2) is 54.1 Å². The highest BCUT2D eigenvalue weighted by molar-refractivity contribution is 5.78. The van der Waals surface area contributed by atoms with Crippen LogP contribution in [0.1, 0.15) is 5.56 Å². The van der Waals surface area contributed by atoms with Gasteiger partial charge in [-0.2, -0.15) is 0 Å². The van der Waals surface area contributed by atoms with Crippen LogP contribution in [0.2, 0.25) is 0 Å². The molecule has 1 aliphatic rings. The summed E-state index contributed by atoms with van der Waals surface area (Å²) in [5, 5.41) is 0. The van der Waals surface area contributed by atoms with Crippen LogP contribution in [0.15, 0.2) is 41.7 Å². The number of methoxy groups -OCH3 is 1. The van der Waals surface area contributed by atoms with Crippen LogP contribution in [0.3, 0.4) is 0 Å². The third kappa shape index (κ3) is 4.14. The lowest BCUT2D eigenvalue weighted by atomic mass is 10.2. The van der Waals surface area contributed by atoms with Gasteiger partial charge in [0.15, 0.2) is 17.5 Å². The summed E-state index contributed by atoms with van der Waals surface area (Å²) in [5.74, 6) is 1.02. The van der Waals surface area contributed by atoms with Crippen LogP contribution in [-0.2, 0) is 6.54 Å². The van der Waals surface area contributed by atoms with E-state index in [0.717, 1.165) is 37.7 Å². The minimum atomic E-state index is -0.398. The maximum atomic E-state index is 13.7. The Morgan fingerprint density at radius 3 is 2.60 bits per heavy atom. The third-order valence-corrected chi connectivity index (χ3v) is 4.08. The Morgan fingerprint density at radius 2 is 1.96 bits per heavy atom. The molecule has 1 aromatic carbocycles. The Balaban J connectivity index is 1.56. The molecule has 1 saturated heterocycles. The quantitative estimate of drug-likeness (QED) is 0.664. The number of anilines is 1. The first-order valence-corrected chi connectivity index (χ1v) is 8.06. The minimum absolute atomic E-state index is 0.222. The monoisotopic (exact) mass is 344 g/mol. The lowest BCUT2D eigenvalue weighted by molar-refractivity contribution is 0.378. The summed E-state index contributed by atoms with van der Waals surface area (Å²) in [5.41, 5.74) is 6.83. The maximum absolute atomic E-state index is 13.7. The number of piperazine rings is 1. The van der Waals surface area contributed by atoms with Crippen molar-refractivity contribution in [3.8, 4) is 5.75 Å². The molecular weight excluding hydrogens is 323 g/mol. The number of hydrogen-bond donors (Lipinski definition) is 1. The van der Waals surface area contributed by atoms with E-state index in [1.165, 1.54) is 13.2 Å². The zero-order valence-electron chi connectivity index (χ0n) is 14.1. The molecule has 0 spiro atoms. The summed E-state index contributed by atoms with van der Waals surface area (Å²) in [7, 11) is 1.44. The van der Waals surface area contributed by atoms with Crippen molar-refractivity contribution in [2.75, 3.05) is 38.2 Å². The van der Waals surface area contributed by atoms with Crippen LogP contribution in [0, 0.1) is 5.82 Å². The summed E-state index contributed by atoms with van der Waals surface area (Å²) in [4.78, 5) is 17.0. The Labute approximate surface area is 146 Å². The third-order valence-electron chi connectivity index (χ3n) is 4.08. The second kappa shape index (κ2) is 7.78. The predicted molar refractivity (Wildman–Crippen MR) is 94.1 cm³/mol. The van der Waals surface area contributed by atoms with Gasteiger partial charge < -0.3 is 20.3 Å². The summed E-state index contributed by atoms with van der Waals surface area (Å²) in [6.07, 6.45) is 3.47. The van der Waals surface area contributed by atoms with E-state index in [0.29, 0.717) is 12.5 Å². The van der Waals surface area contributed by atoms with Crippen LogP contribution >= 0.6 is 0 Å². The molecule has 0 amide bonds. The van der Waals surface area contributed by atoms with E-state index in [-0.39, 0.29) is 5.75 Å². The van der Waals surface area contributed by atoms with E-state index in [1.807, 2.05) is 4.90 Å². The van der Waals surface area contributed by atoms with Crippen molar-refractivity contribution < 1.29 is 9.13 Å². The first-order chi connectivity index (χ1) is 12.2. The van der Waals surface area contributed by atoms with Gasteiger partial charge in [0, 0.05) is 38.6 Å². The van der Waals surface area contributed by atoms with Gasteiger partial charge in [-0.15, -0.1) is 0 Å². The Kier molecular flexibility index (Phi) is 5.27. The molecule has 2 aromatic rings. The van der Waals surface area contributed by atoms with E-state index in [9.17, 15) is 4.39 Å². The summed E-state index contributed by atoms with van der Waals surface area (Å²) < 4.78 is 18.6. The Hall–Kier alpha value is -2.90. The number of hydrogen-bond acceptors (Lipinski definition) is 5. The standard InChI is InChI=1S/C17H21FN6O/c1-25-15-4-3-13(11-14(15)18)12-22-16(19)23-7-9-24(10-8-23)17-20-5-2-6-21-17/h2-6,11H,7-10,12H2,1H3,(H2,19,22). The molecule has 25 heavy (non-hydrogen) atoms. The highest BCUT2D eigenvalue weighted by Crippen LogP contribution is 2.18. The number of aromatic nitrogens is 2. The number of ether oxygens (including phenoxy) is 1. The van der Waals surface area contributed by atoms with Gasteiger partial charge in [0.25, 0.3) is 0 Å². The number of rotatable bonds is 4. The van der Waals surface area contributed by atoms with Crippen LogP contribution in [0.5, 0.6) is 5.75 Å². The fourth-order valence-corrected chi connectivity index (χ4v) is 2.67. The largest absolute Gasteiger partial charge is 0.494 e. The highest BCUT2D eigenvalue weighted by Gasteiger charge is 2.19. The first kappa shape index (κ1) is 16.9. The van der Waals surface area contributed by atoms with Crippen LogP contribution in [0.25, 0.3) is 0 Å². The average Bonchev–Trinajstić information content (AvgIpc) is 2.67. The van der Waals surface area contributed by atoms with Crippen molar-refractivity contribution >= 4 is 11.9 Å². The number of aliphatic imine (C=N–C) groups is 1. The van der Waals surface area contributed by atoms with Crippen LogP contribution < -0.4 is 15.4 Å². The molecule has 8 heteroatoms. The van der Waals surface area contributed by atoms with Crippen LogP contribution in [0.4, 0.5) is 10.3 Å². The molecule has 1 aromatic heterocycles. The fraction of sp³-hybridized carbons (Fsp3) is 0.353. The number of halogens is 1. The molecule has 0 unspecified atom stereocenters. The smallest absolute Gasteiger partial charge is 0.225 e. The zero-order valence-corrected chi connectivity index (χ0v) is 14.1. The van der Waals surface area contributed by atoms with Crippen molar-refractivity contribution in [3.05, 3.63) is 48.0 Å². The molecule has 1 aliphatic heterocycles. The van der Waals surface area contributed by atoms with E-state index in [4.69, 9.17) is 10.5 Å². The van der Waals surface area contributed by atoms with Gasteiger partial charge in [-0.3, -0.25) is 0 Å². The molecule has 2 heterocycles. The van der Waals surface area contributed by atoms with Gasteiger partial charge in [-0.1, -0.05) is 6.07 Å². The van der Waals surface area contributed by atoms with Gasteiger partial charge in [-0.25, -0.2) is 19.4 Å². The summed E-state index contributed by atoms with van der Waals surface area (Å²) >= 11 is 0. The van der Waals surface area contributed by atoms with Crippen molar-refractivity contribution in [2.24, 2.45) is 10.7 Å². The van der Waals surface area contributed by atoms with Crippen molar-refractivity contribution in [1.29, 1.82) is 0 Å². The first-order valence-electron chi connectivity index (χ1n) is 8.06. The van der Waals surface area contributed by atoms with E-state index >= 15 is 0 Å². The lowest BCUT2D eigenvalue weighted by Gasteiger charge is -2.35. The van der Waals surface area contributed by atoms with Gasteiger partial charge in [-0.05, 0) is 23.8 Å². The molecule has 3 rings (SSSR count). The van der Waals surface area contributed by atoms with Gasteiger partial charge >= 0.3 is 0 Å². The fourth-order valence-electron chi connectivity index (χ4n) is 2.67. The molecule has 0 saturated carbocycles. The lowest BCUT2D eigenvalue weighted by Crippen LogP contribution is -2.51. The average molecular weight is 344 g/mol. The normalized spacial score (nSPS) is 15.4. The summed E-state index contributed by atoms with van der Waals surface area (Å²) in [6, 6.07) is 6.59. The molecule has 1 fully saturated rings. The molecule has 0 bridgehead atoms. The SMILES string of the molecule is COc1ccc(CN=C(N)N2CCN(c3ncccn3)CC2)cc1F. The summed E-state index contributed by atoms with van der Waals surface area (Å²) in [6.45, 7) is 3.36. The Bertz CT molecular complexity index is 731. The van der Waals surface area contributed by atoms with E-state index in [2.05, 4.69) is 19.9 Å². The topological polar surface area (TPSA) is 79.9 Å².